The highest BCUT2D eigenvalue weighted by molar-refractivity contribution is 6.04. The Bertz CT molecular complexity index is 1220. The molecule has 0 radical (unpaired) electrons. The molecule has 0 saturated carbocycles. The molecule has 0 atom stereocenters. The summed E-state index contributed by atoms with van der Waals surface area (Å²) in [5.41, 5.74) is 2.29. The van der Waals surface area contributed by atoms with Gasteiger partial charge in [0.25, 0.3) is 5.91 Å². The Morgan fingerprint density at radius 3 is 2.71 bits per heavy atom. The average molecular weight is 462 g/mol. The van der Waals surface area contributed by atoms with Crippen LogP contribution in [0, 0.1) is 5.82 Å². The molecule has 0 fully saturated rings. The summed E-state index contributed by atoms with van der Waals surface area (Å²) in [4.78, 5) is 24.6. The lowest BCUT2D eigenvalue weighted by molar-refractivity contribution is -0.116. The highest BCUT2D eigenvalue weighted by Crippen LogP contribution is 2.40. The fourth-order valence-corrected chi connectivity index (χ4v) is 3.40. The van der Waals surface area contributed by atoms with E-state index in [1.807, 2.05) is 6.07 Å². The number of ether oxygens (including phenoxy) is 3. The highest BCUT2D eigenvalue weighted by atomic mass is 19.1. The van der Waals surface area contributed by atoms with Crippen molar-refractivity contribution in [3.8, 4) is 17.2 Å². The Balaban J connectivity index is 1.35. The molecular formula is C26H23FN2O5. The van der Waals surface area contributed by atoms with Crippen molar-refractivity contribution in [2.24, 2.45) is 0 Å². The van der Waals surface area contributed by atoms with Crippen molar-refractivity contribution in [3.05, 3.63) is 89.2 Å². The van der Waals surface area contributed by atoms with Crippen LogP contribution in [0.3, 0.4) is 0 Å². The Hall–Kier alpha value is -4.33. The summed E-state index contributed by atoms with van der Waals surface area (Å²) in [6.07, 6.45) is 3.08. The maximum absolute atomic E-state index is 13.3. The number of nitrogens with one attached hydrogen (secondary N) is 2. The van der Waals surface area contributed by atoms with Crippen molar-refractivity contribution in [3.63, 3.8) is 0 Å². The first-order valence-corrected chi connectivity index (χ1v) is 10.6. The number of carbonyl (C=O) groups excluding carboxylic acids is 2. The van der Waals surface area contributed by atoms with Crippen LogP contribution in [0.25, 0.3) is 6.08 Å². The van der Waals surface area contributed by atoms with Crippen molar-refractivity contribution >= 4 is 23.6 Å². The molecule has 1 heterocycles. The first-order chi connectivity index (χ1) is 16.5. The number of anilines is 1. The van der Waals surface area contributed by atoms with Crippen LogP contribution in [0.5, 0.6) is 17.2 Å². The van der Waals surface area contributed by atoms with Crippen molar-refractivity contribution < 1.29 is 28.2 Å². The molecule has 0 aromatic heterocycles. The second-order valence-corrected chi connectivity index (χ2v) is 7.46. The molecule has 8 heteroatoms. The number of hydrogen-bond acceptors (Lipinski definition) is 5. The normalized spacial score (nSPS) is 12.3. The van der Waals surface area contributed by atoms with E-state index in [1.165, 1.54) is 30.3 Å². The zero-order valence-corrected chi connectivity index (χ0v) is 18.5. The second-order valence-electron chi connectivity index (χ2n) is 7.46. The van der Waals surface area contributed by atoms with Crippen LogP contribution in [0.4, 0.5) is 10.1 Å². The van der Waals surface area contributed by atoms with E-state index in [0.717, 1.165) is 11.1 Å². The molecule has 174 valence electrons. The number of hydrogen-bond donors (Lipinski definition) is 2. The van der Waals surface area contributed by atoms with Crippen LogP contribution < -0.4 is 24.8 Å². The number of methoxy groups -OCH3 is 1. The molecule has 3 aromatic carbocycles. The molecular weight excluding hydrogens is 439 g/mol. The largest absolute Gasteiger partial charge is 0.493 e. The predicted molar refractivity (Wildman–Crippen MR) is 126 cm³/mol. The van der Waals surface area contributed by atoms with Gasteiger partial charge in [-0.1, -0.05) is 18.2 Å². The van der Waals surface area contributed by atoms with Gasteiger partial charge in [0.2, 0.25) is 11.7 Å². The van der Waals surface area contributed by atoms with Gasteiger partial charge in [0, 0.05) is 23.9 Å². The number of halogens is 1. The summed E-state index contributed by atoms with van der Waals surface area (Å²) in [5.74, 6) is 0.477. The third kappa shape index (κ3) is 5.72. The number of benzene rings is 3. The summed E-state index contributed by atoms with van der Waals surface area (Å²) >= 11 is 0. The predicted octanol–water partition coefficient (Wildman–Crippen LogP) is 4.19. The van der Waals surface area contributed by atoms with E-state index in [2.05, 4.69) is 10.6 Å². The first-order valence-electron chi connectivity index (χ1n) is 10.6. The molecule has 4 rings (SSSR count). The van der Waals surface area contributed by atoms with Gasteiger partial charge in [0.15, 0.2) is 11.5 Å². The Labute approximate surface area is 196 Å². The quantitative estimate of drug-likeness (QED) is 0.515. The Morgan fingerprint density at radius 2 is 1.88 bits per heavy atom. The van der Waals surface area contributed by atoms with Crippen molar-refractivity contribution in [1.29, 1.82) is 0 Å². The highest BCUT2D eigenvalue weighted by Gasteiger charge is 2.17. The summed E-state index contributed by atoms with van der Waals surface area (Å²) < 4.78 is 29.9. The lowest BCUT2D eigenvalue weighted by Crippen LogP contribution is -2.20. The van der Waals surface area contributed by atoms with E-state index >= 15 is 0 Å². The van der Waals surface area contributed by atoms with Gasteiger partial charge < -0.3 is 24.8 Å². The minimum atomic E-state index is -0.480. The minimum absolute atomic E-state index is 0.222. The van der Waals surface area contributed by atoms with Gasteiger partial charge in [0.1, 0.15) is 19.0 Å². The van der Waals surface area contributed by atoms with E-state index in [1.54, 1.807) is 43.5 Å². The van der Waals surface area contributed by atoms with Gasteiger partial charge in [-0.2, -0.15) is 0 Å². The first kappa shape index (κ1) is 22.8. The number of rotatable bonds is 7. The van der Waals surface area contributed by atoms with E-state index in [0.29, 0.717) is 36.1 Å². The van der Waals surface area contributed by atoms with Crippen LogP contribution in [0.2, 0.25) is 0 Å². The summed E-state index contributed by atoms with van der Waals surface area (Å²) in [6.45, 7) is 1.17. The van der Waals surface area contributed by atoms with E-state index in [4.69, 9.17) is 14.2 Å². The van der Waals surface area contributed by atoms with Gasteiger partial charge in [-0.15, -0.1) is 0 Å². The summed E-state index contributed by atoms with van der Waals surface area (Å²) in [7, 11) is 1.54. The van der Waals surface area contributed by atoms with Gasteiger partial charge in [-0.05, 0) is 59.7 Å². The van der Waals surface area contributed by atoms with Crippen LogP contribution >= 0.6 is 0 Å². The van der Waals surface area contributed by atoms with Crippen LogP contribution in [-0.4, -0.2) is 32.1 Å². The Kier molecular flexibility index (Phi) is 7.07. The third-order valence-electron chi connectivity index (χ3n) is 5.02. The molecule has 34 heavy (non-hydrogen) atoms. The molecule has 0 bridgehead atoms. The number of carbonyl (C=O) groups is 2. The van der Waals surface area contributed by atoms with Crippen LogP contribution in [-0.2, 0) is 11.3 Å². The molecule has 1 aliphatic heterocycles. The SMILES string of the molecule is COc1cc(/C=C/C(=O)NCc2cccc(NC(=O)c3cccc(F)c3)c2)cc2c1OCCO2. The van der Waals surface area contributed by atoms with Gasteiger partial charge in [0.05, 0.1) is 7.11 Å². The fraction of sp³-hybridized carbons (Fsp3) is 0.154. The zero-order valence-electron chi connectivity index (χ0n) is 18.5. The van der Waals surface area contributed by atoms with E-state index in [-0.39, 0.29) is 18.0 Å². The molecule has 2 amide bonds. The average Bonchev–Trinajstić information content (AvgIpc) is 2.86. The fourth-order valence-electron chi connectivity index (χ4n) is 3.40. The molecule has 3 aromatic rings. The number of fused-ring (bicyclic) bond motifs is 1. The molecule has 0 aliphatic carbocycles. The summed E-state index contributed by atoms with van der Waals surface area (Å²) in [5, 5.41) is 5.53. The molecule has 1 aliphatic rings. The van der Waals surface area contributed by atoms with Gasteiger partial charge >= 0.3 is 0 Å². The van der Waals surface area contributed by atoms with E-state index in [9.17, 15) is 14.0 Å². The lowest BCUT2D eigenvalue weighted by atomic mass is 10.1. The minimum Gasteiger partial charge on any atom is -0.493 e. The maximum Gasteiger partial charge on any atom is 0.255 e. The van der Waals surface area contributed by atoms with Crippen molar-refractivity contribution in [2.75, 3.05) is 25.6 Å². The summed E-state index contributed by atoms with van der Waals surface area (Å²) in [6, 6.07) is 16.1. The standard InChI is InChI=1S/C26H23FN2O5/c1-32-22-13-17(14-23-25(22)34-11-10-33-23)8-9-24(30)28-16-18-4-2-7-21(12-18)29-26(31)19-5-3-6-20(27)15-19/h2-9,12-15H,10-11,16H2,1H3,(H,28,30)(H,29,31)/b9-8+. The van der Waals surface area contributed by atoms with Crippen LogP contribution in [0.15, 0.2) is 66.7 Å². The molecule has 0 saturated heterocycles. The Morgan fingerprint density at radius 1 is 1.06 bits per heavy atom. The second kappa shape index (κ2) is 10.5. The van der Waals surface area contributed by atoms with Crippen molar-refractivity contribution in [2.45, 2.75) is 6.54 Å². The molecule has 2 N–H and O–H groups in total. The molecule has 7 nitrogen and oxygen atoms in total. The third-order valence-corrected chi connectivity index (χ3v) is 5.02. The van der Waals surface area contributed by atoms with E-state index < -0.39 is 11.7 Å². The monoisotopic (exact) mass is 462 g/mol. The maximum atomic E-state index is 13.3. The molecule has 0 unspecified atom stereocenters. The van der Waals surface area contributed by atoms with Crippen molar-refractivity contribution in [1.82, 2.24) is 5.32 Å². The topological polar surface area (TPSA) is 85.9 Å². The smallest absolute Gasteiger partial charge is 0.255 e. The zero-order chi connectivity index (χ0) is 23.9. The van der Waals surface area contributed by atoms with Crippen LogP contribution in [0.1, 0.15) is 21.5 Å². The molecule has 0 spiro atoms. The van der Waals surface area contributed by atoms with Gasteiger partial charge in [-0.25, -0.2) is 4.39 Å². The lowest BCUT2D eigenvalue weighted by Gasteiger charge is -2.20. The van der Waals surface area contributed by atoms with Gasteiger partial charge in [-0.3, -0.25) is 9.59 Å². The number of amides is 2.